The van der Waals surface area contributed by atoms with E-state index in [-0.39, 0.29) is 40.6 Å². The Hall–Kier alpha value is -1.30. The van der Waals surface area contributed by atoms with E-state index >= 15 is 0 Å². The number of rotatable bonds is 4. The summed E-state index contributed by atoms with van der Waals surface area (Å²) in [6, 6.07) is 4.39. The van der Waals surface area contributed by atoms with Gasteiger partial charge in [0.15, 0.2) is 11.5 Å². The van der Waals surface area contributed by atoms with Gasteiger partial charge in [0.05, 0.1) is 12.2 Å². The van der Waals surface area contributed by atoms with Crippen LogP contribution in [0.4, 0.5) is 0 Å². The molecule has 1 aromatic carbocycles. The largest absolute Gasteiger partial charge is 0.504 e. The molecule has 1 aromatic rings. The first kappa shape index (κ1) is 21.9. The van der Waals surface area contributed by atoms with Gasteiger partial charge >= 0.3 is 0 Å². The van der Waals surface area contributed by atoms with E-state index in [9.17, 15) is 15.3 Å². The van der Waals surface area contributed by atoms with Crippen LogP contribution in [0.5, 0.6) is 11.5 Å². The topological polar surface area (TPSA) is 73.2 Å². The smallest absolute Gasteiger partial charge is 0.165 e. The molecule has 4 bridgehead atoms. The van der Waals surface area contributed by atoms with Crippen LogP contribution in [0.2, 0.25) is 0 Å². The van der Waals surface area contributed by atoms with Gasteiger partial charge < -0.3 is 20.1 Å². The van der Waals surface area contributed by atoms with Crippen molar-refractivity contribution in [2.45, 2.75) is 95.8 Å². The molecule has 5 nitrogen and oxygen atoms in total. The highest BCUT2D eigenvalue weighted by Gasteiger charge is 2.81. The normalized spacial score (nSPS) is 43.9. The number of aromatic hydroxyl groups is 1. The molecule has 3 N–H and O–H groups in total. The van der Waals surface area contributed by atoms with Gasteiger partial charge in [0.2, 0.25) is 0 Å². The van der Waals surface area contributed by atoms with Gasteiger partial charge in [-0.05, 0) is 87.3 Å². The number of fused-ring (bicyclic) bond motifs is 2. The number of piperidine rings is 1. The molecule has 2 aliphatic heterocycles. The van der Waals surface area contributed by atoms with Crippen molar-refractivity contribution >= 4 is 0 Å². The fraction of sp³-hybridized carbons (Fsp3) is 0.793. The Morgan fingerprint density at radius 1 is 1.12 bits per heavy atom. The second kappa shape index (κ2) is 6.33. The molecule has 2 heterocycles. The van der Waals surface area contributed by atoms with Crippen LogP contribution in [0.1, 0.15) is 77.3 Å². The van der Waals surface area contributed by atoms with E-state index in [0.717, 1.165) is 44.6 Å². The third kappa shape index (κ3) is 2.25. The van der Waals surface area contributed by atoms with Gasteiger partial charge in [0.25, 0.3) is 0 Å². The van der Waals surface area contributed by atoms with Gasteiger partial charge in [-0.25, -0.2) is 0 Å². The average molecular weight is 468 g/mol. The molecule has 34 heavy (non-hydrogen) atoms. The van der Waals surface area contributed by atoms with Crippen LogP contribution >= 0.6 is 0 Å². The molecule has 5 fully saturated rings. The van der Waals surface area contributed by atoms with Crippen LogP contribution in [-0.2, 0) is 11.8 Å². The average Bonchev–Trinajstić information content (AvgIpc) is 3.53. The van der Waals surface area contributed by atoms with Crippen molar-refractivity contribution in [1.29, 1.82) is 0 Å². The van der Waals surface area contributed by atoms with Gasteiger partial charge in [-0.2, -0.15) is 0 Å². The van der Waals surface area contributed by atoms with Crippen LogP contribution in [0.25, 0.3) is 0 Å². The zero-order valence-corrected chi connectivity index (χ0v) is 21.2. The number of ether oxygens (including phenoxy) is 1. The summed E-state index contributed by atoms with van der Waals surface area (Å²) >= 11 is 0. The quantitative estimate of drug-likeness (QED) is 0.624. The summed E-state index contributed by atoms with van der Waals surface area (Å²) in [5.74, 6) is 1.70. The molecule has 186 valence electrons. The van der Waals surface area contributed by atoms with E-state index in [2.05, 4.69) is 31.7 Å². The maximum Gasteiger partial charge on any atom is 0.165 e. The standard InChI is InChI=1S/C29H41NO4/c1-25(2,3)26(4,33)20-14-28-10-9-27(20,16-31)24-29(28)11-12-30(15-17-5-6-17)21(28)13-18-7-8-19(32)23(34-24)22(18)29/h7-8,17,20-21,24,31-33H,5-6,9-16H2,1-4H3/t20-,21-,24+,26+,27-,28?,29+/m1/s1. The maximum absolute atomic E-state index is 12.2. The minimum atomic E-state index is -0.944. The number of aliphatic hydroxyl groups excluding tert-OH is 1. The predicted octanol–water partition coefficient (Wildman–Crippen LogP) is 4.01. The predicted molar refractivity (Wildman–Crippen MR) is 130 cm³/mol. The molecule has 0 radical (unpaired) electrons. The third-order valence-corrected chi connectivity index (χ3v) is 12.0. The highest BCUT2D eigenvalue weighted by atomic mass is 16.5. The number of hydrogen-bond acceptors (Lipinski definition) is 5. The van der Waals surface area contributed by atoms with Crippen LogP contribution in [0, 0.1) is 28.1 Å². The molecular formula is C29H41NO4. The molecule has 7 aliphatic rings. The van der Waals surface area contributed by atoms with Crippen LogP contribution in [0.3, 0.4) is 0 Å². The molecule has 1 saturated heterocycles. The first-order valence-electron chi connectivity index (χ1n) is 13.6. The van der Waals surface area contributed by atoms with Crippen molar-refractivity contribution in [2.24, 2.45) is 28.1 Å². The lowest BCUT2D eigenvalue weighted by Gasteiger charge is -2.76. The van der Waals surface area contributed by atoms with Gasteiger partial charge in [-0.3, -0.25) is 4.90 Å². The Balaban J connectivity index is 1.47. The van der Waals surface area contributed by atoms with E-state index in [1.54, 1.807) is 0 Å². The van der Waals surface area contributed by atoms with Crippen molar-refractivity contribution in [3.63, 3.8) is 0 Å². The lowest BCUT2D eigenvalue weighted by molar-refractivity contribution is -0.289. The number of phenols is 1. The summed E-state index contributed by atoms with van der Waals surface area (Å²) in [5.41, 5.74) is 0.649. The van der Waals surface area contributed by atoms with Gasteiger partial charge in [-0.1, -0.05) is 26.8 Å². The van der Waals surface area contributed by atoms with E-state index in [0.29, 0.717) is 11.8 Å². The highest BCUT2D eigenvalue weighted by molar-refractivity contribution is 5.63. The van der Waals surface area contributed by atoms with Gasteiger partial charge in [-0.15, -0.1) is 0 Å². The fourth-order valence-electron chi connectivity index (χ4n) is 9.74. The number of aliphatic hydroxyl groups is 2. The molecule has 0 aromatic heterocycles. The van der Waals surface area contributed by atoms with Crippen molar-refractivity contribution in [3.05, 3.63) is 23.3 Å². The van der Waals surface area contributed by atoms with Crippen LogP contribution in [-0.4, -0.2) is 57.7 Å². The molecule has 2 spiro atoms. The first-order chi connectivity index (χ1) is 16.0. The molecule has 5 heteroatoms. The SMILES string of the molecule is CC(C)(C)[C@@](C)(O)[C@H]1CC23CC[C@]1(CO)[C@@H]1Oc4c(O)ccc5c4[C@@]12CCN(CC1CC1)[C@@H]3C5. The van der Waals surface area contributed by atoms with Gasteiger partial charge in [0.1, 0.15) is 6.10 Å². The lowest BCUT2D eigenvalue weighted by atomic mass is 9.31. The second-order valence-electron chi connectivity index (χ2n) is 14.0. The van der Waals surface area contributed by atoms with E-state index in [1.807, 2.05) is 13.0 Å². The molecule has 7 atom stereocenters. The first-order valence-corrected chi connectivity index (χ1v) is 13.6. The van der Waals surface area contributed by atoms with Gasteiger partial charge in [0, 0.05) is 34.4 Å². The van der Waals surface area contributed by atoms with E-state index in [4.69, 9.17) is 4.74 Å². The summed E-state index contributed by atoms with van der Waals surface area (Å²) in [6.07, 6.45) is 7.43. The zero-order chi connectivity index (χ0) is 23.9. The van der Waals surface area contributed by atoms with E-state index < -0.39 is 11.0 Å². The minimum Gasteiger partial charge on any atom is -0.504 e. The number of hydrogen-bond donors (Lipinski definition) is 3. The van der Waals surface area contributed by atoms with Crippen molar-refractivity contribution in [3.8, 4) is 11.5 Å². The van der Waals surface area contributed by atoms with Crippen molar-refractivity contribution < 1.29 is 20.1 Å². The zero-order valence-electron chi connectivity index (χ0n) is 21.2. The Kier molecular flexibility index (Phi) is 4.08. The molecule has 4 saturated carbocycles. The Morgan fingerprint density at radius 2 is 1.88 bits per heavy atom. The van der Waals surface area contributed by atoms with Crippen molar-refractivity contribution in [1.82, 2.24) is 4.90 Å². The number of phenolic OH excluding ortho intramolecular Hbond substituents is 1. The molecule has 8 rings (SSSR count). The molecule has 0 amide bonds. The summed E-state index contributed by atoms with van der Waals surface area (Å²) < 4.78 is 6.86. The third-order valence-electron chi connectivity index (χ3n) is 12.0. The van der Waals surface area contributed by atoms with Crippen LogP contribution in [0.15, 0.2) is 12.1 Å². The second-order valence-corrected chi connectivity index (χ2v) is 14.0. The molecular weight excluding hydrogens is 426 g/mol. The fourth-order valence-corrected chi connectivity index (χ4v) is 9.74. The van der Waals surface area contributed by atoms with E-state index in [1.165, 1.54) is 30.5 Å². The number of likely N-dealkylation sites (tertiary alicyclic amines) is 1. The van der Waals surface area contributed by atoms with Crippen molar-refractivity contribution in [2.75, 3.05) is 19.7 Å². The number of benzene rings is 1. The summed E-state index contributed by atoms with van der Waals surface area (Å²) in [5, 5.41) is 34.2. The molecule has 5 aliphatic carbocycles. The summed E-state index contributed by atoms with van der Waals surface area (Å²) in [6.45, 7) is 10.7. The Bertz CT molecular complexity index is 1060. The highest BCUT2D eigenvalue weighted by Crippen LogP contribution is 2.79. The monoisotopic (exact) mass is 467 g/mol. The molecule has 1 unspecified atom stereocenters. The maximum atomic E-state index is 12.2. The number of nitrogens with zero attached hydrogens (tertiary/aromatic N) is 1. The minimum absolute atomic E-state index is 0.00762. The summed E-state index contributed by atoms with van der Waals surface area (Å²) in [4.78, 5) is 2.80. The Morgan fingerprint density at radius 3 is 2.56 bits per heavy atom. The lowest BCUT2D eigenvalue weighted by Crippen LogP contribution is -2.81. The van der Waals surface area contributed by atoms with Crippen LogP contribution < -0.4 is 4.74 Å². The Labute approximate surface area is 203 Å². The summed E-state index contributed by atoms with van der Waals surface area (Å²) in [7, 11) is 0.